The first-order chi connectivity index (χ1) is 13.6. The molecule has 1 amide bonds. The fourth-order valence-electron chi connectivity index (χ4n) is 3.84. The van der Waals surface area contributed by atoms with Gasteiger partial charge < -0.3 is 4.90 Å². The van der Waals surface area contributed by atoms with Crippen molar-refractivity contribution < 1.29 is 4.79 Å². The molecular weight excluding hydrogens is 350 g/mol. The van der Waals surface area contributed by atoms with Crippen molar-refractivity contribution in [2.75, 3.05) is 6.54 Å². The second-order valence-electron chi connectivity index (χ2n) is 7.53. The molecule has 0 bridgehead atoms. The lowest BCUT2D eigenvalue weighted by molar-refractivity contribution is 0.0743. The standard InChI is InChI=1S/C23H25N3O2/c1-3-12-25(15-17-8-6-16(2)7-9-17)22(27)18-10-11-19-20(14-18)24-21-5-4-13-26(21)23(19)28/h6-11,14H,3-5,12-13,15H2,1-2H3. The van der Waals surface area contributed by atoms with Crippen LogP contribution in [-0.4, -0.2) is 26.9 Å². The molecule has 0 saturated carbocycles. The quantitative estimate of drug-likeness (QED) is 0.683. The van der Waals surface area contributed by atoms with E-state index < -0.39 is 0 Å². The molecule has 3 aromatic rings. The Morgan fingerprint density at radius 2 is 1.96 bits per heavy atom. The van der Waals surface area contributed by atoms with Gasteiger partial charge in [-0.05, 0) is 43.5 Å². The summed E-state index contributed by atoms with van der Waals surface area (Å²) in [5.74, 6) is 0.805. The Bertz CT molecular complexity index is 1080. The lowest BCUT2D eigenvalue weighted by Crippen LogP contribution is -2.31. The molecule has 5 nitrogen and oxygen atoms in total. The molecule has 0 N–H and O–H groups in total. The van der Waals surface area contributed by atoms with Crippen molar-refractivity contribution >= 4 is 16.8 Å². The summed E-state index contributed by atoms with van der Waals surface area (Å²) in [6.45, 7) is 6.12. The summed E-state index contributed by atoms with van der Waals surface area (Å²) in [6, 6.07) is 13.5. The van der Waals surface area contributed by atoms with E-state index in [1.807, 2.05) is 4.90 Å². The van der Waals surface area contributed by atoms with Crippen LogP contribution in [0.4, 0.5) is 0 Å². The van der Waals surface area contributed by atoms with Crippen LogP contribution in [0.5, 0.6) is 0 Å². The van der Waals surface area contributed by atoms with Crippen molar-refractivity contribution in [3.63, 3.8) is 0 Å². The fourth-order valence-corrected chi connectivity index (χ4v) is 3.84. The minimum absolute atomic E-state index is 0.00145. The van der Waals surface area contributed by atoms with E-state index in [-0.39, 0.29) is 11.5 Å². The van der Waals surface area contributed by atoms with Gasteiger partial charge in [0.1, 0.15) is 5.82 Å². The van der Waals surface area contributed by atoms with Crippen molar-refractivity contribution in [3.8, 4) is 0 Å². The number of fused-ring (bicyclic) bond motifs is 2. The van der Waals surface area contributed by atoms with E-state index in [1.165, 1.54) is 5.56 Å². The maximum atomic E-state index is 13.2. The van der Waals surface area contributed by atoms with Crippen LogP contribution in [0.2, 0.25) is 0 Å². The molecule has 0 saturated heterocycles. The van der Waals surface area contributed by atoms with Gasteiger partial charge in [-0.2, -0.15) is 0 Å². The second-order valence-corrected chi connectivity index (χ2v) is 7.53. The van der Waals surface area contributed by atoms with E-state index in [0.29, 0.717) is 29.6 Å². The molecule has 0 aliphatic carbocycles. The molecule has 0 radical (unpaired) electrons. The lowest BCUT2D eigenvalue weighted by atomic mass is 10.1. The number of amides is 1. The summed E-state index contributed by atoms with van der Waals surface area (Å²) in [5, 5.41) is 0.586. The van der Waals surface area contributed by atoms with E-state index in [0.717, 1.165) is 37.2 Å². The normalized spacial score (nSPS) is 12.9. The summed E-state index contributed by atoms with van der Waals surface area (Å²) < 4.78 is 1.75. The predicted molar refractivity (Wildman–Crippen MR) is 111 cm³/mol. The van der Waals surface area contributed by atoms with Gasteiger partial charge in [0, 0.05) is 31.6 Å². The largest absolute Gasteiger partial charge is 0.334 e. The molecule has 0 unspecified atom stereocenters. The number of hydrogen-bond acceptors (Lipinski definition) is 3. The number of benzene rings is 2. The van der Waals surface area contributed by atoms with Crippen LogP contribution in [0.15, 0.2) is 47.3 Å². The summed E-state index contributed by atoms with van der Waals surface area (Å²) in [4.78, 5) is 32.3. The van der Waals surface area contributed by atoms with E-state index >= 15 is 0 Å². The summed E-state index contributed by atoms with van der Waals surface area (Å²) in [5.41, 5.74) is 3.53. The van der Waals surface area contributed by atoms with Gasteiger partial charge in [-0.3, -0.25) is 14.2 Å². The highest BCUT2D eigenvalue weighted by Gasteiger charge is 2.19. The van der Waals surface area contributed by atoms with E-state index in [1.54, 1.807) is 22.8 Å². The van der Waals surface area contributed by atoms with Crippen molar-refractivity contribution in [2.45, 2.75) is 46.2 Å². The van der Waals surface area contributed by atoms with Crippen LogP contribution in [0.1, 0.15) is 47.1 Å². The van der Waals surface area contributed by atoms with Gasteiger partial charge in [-0.25, -0.2) is 4.98 Å². The number of aryl methyl sites for hydroxylation is 2. The Kier molecular flexibility index (Phi) is 4.99. The molecular formula is C23H25N3O2. The van der Waals surface area contributed by atoms with E-state index in [4.69, 9.17) is 0 Å². The van der Waals surface area contributed by atoms with Crippen molar-refractivity contribution in [1.82, 2.24) is 14.5 Å². The average Bonchev–Trinajstić information content (AvgIpc) is 3.17. The number of carbonyl (C=O) groups is 1. The maximum absolute atomic E-state index is 13.2. The molecule has 1 aromatic heterocycles. The molecule has 28 heavy (non-hydrogen) atoms. The van der Waals surface area contributed by atoms with Crippen LogP contribution in [-0.2, 0) is 19.5 Å². The van der Waals surface area contributed by atoms with Crippen LogP contribution >= 0.6 is 0 Å². The summed E-state index contributed by atoms with van der Waals surface area (Å²) in [6.07, 6.45) is 2.65. The first-order valence-corrected chi connectivity index (χ1v) is 9.95. The highest BCUT2D eigenvalue weighted by atomic mass is 16.2. The summed E-state index contributed by atoms with van der Waals surface area (Å²) in [7, 11) is 0. The zero-order valence-electron chi connectivity index (χ0n) is 16.4. The molecule has 2 heterocycles. The maximum Gasteiger partial charge on any atom is 0.261 e. The molecule has 144 valence electrons. The fraction of sp³-hybridized carbons (Fsp3) is 0.348. The van der Waals surface area contributed by atoms with Gasteiger partial charge in [0.25, 0.3) is 11.5 Å². The zero-order valence-corrected chi connectivity index (χ0v) is 16.4. The Balaban J connectivity index is 1.66. The number of carbonyl (C=O) groups excluding carboxylic acids is 1. The molecule has 2 aromatic carbocycles. The Morgan fingerprint density at radius 3 is 2.71 bits per heavy atom. The number of hydrogen-bond donors (Lipinski definition) is 0. The van der Waals surface area contributed by atoms with Crippen molar-refractivity contribution in [1.29, 1.82) is 0 Å². The Labute approximate surface area is 164 Å². The van der Waals surface area contributed by atoms with E-state index in [9.17, 15) is 9.59 Å². The smallest absolute Gasteiger partial charge is 0.261 e. The van der Waals surface area contributed by atoms with E-state index in [2.05, 4.69) is 43.1 Å². The summed E-state index contributed by atoms with van der Waals surface area (Å²) >= 11 is 0. The average molecular weight is 375 g/mol. The third-order valence-electron chi connectivity index (χ3n) is 5.34. The molecule has 5 heteroatoms. The van der Waals surface area contributed by atoms with Gasteiger partial charge in [-0.15, -0.1) is 0 Å². The van der Waals surface area contributed by atoms with Gasteiger partial charge in [-0.1, -0.05) is 36.8 Å². The SMILES string of the molecule is CCCN(Cc1ccc(C)cc1)C(=O)c1ccc2c(=O)n3c(nc2c1)CCC3. The molecule has 4 rings (SSSR count). The first-order valence-electron chi connectivity index (χ1n) is 9.95. The molecule has 1 aliphatic rings. The van der Waals surface area contributed by atoms with Crippen molar-refractivity contribution in [3.05, 3.63) is 75.3 Å². The minimum Gasteiger partial charge on any atom is -0.334 e. The monoisotopic (exact) mass is 375 g/mol. The number of aromatic nitrogens is 2. The highest BCUT2D eigenvalue weighted by Crippen LogP contribution is 2.18. The van der Waals surface area contributed by atoms with Crippen LogP contribution in [0.25, 0.3) is 10.9 Å². The third kappa shape index (κ3) is 3.44. The first kappa shape index (κ1) is 18.4. The highest BCUT2D eigenvalue weighted by molar-refractivity contribution is 5.97. The van der Waals surface area contributed by atoms with Crippen molar-refractivity contribution in [2.24, 2.45) is 0 Å². The van der Waals surface area contributed by atoms with Gasteiger partial charge in [0.15, 0.2) is 0 Å². The molecule has 0 fully saturated rings. The molecule has 0 atom stereocenters. The number of rotatable bonds is 5. The predicted octanol–water partition coefficient (Wildman–Crippen LogP) is 3.70. The van der Waals surface area contributed by atoms with Crippen LogP contribution < -0.4 is 5.56 Å². The zero-order chi connectivity index (χ0) is 19.7. The van der Waals surface area contributed by atoms with Gasteiger partial charge >= 0.3 is 0 Å². The second kappa shape index (κ2) is 7.58. The van der Waals surface area contributed by atoms with Gasteiger partial charge in [0.05, 0.1) is 10.9 Å². The van der Waals surface area contributed by atoms with Crippen LogP contribution in [0.3, 0.4) is 0 Å². The van der Waals surface area contributed by atoms with Crippen LogP contribution in [0, 0.1) is 6.92 Å². The van der Waals surface area contributed by atoms with Gasteiger partial charge in [0.2, 0.25) is 0 Å². The molecule has 1 aliphatic heterocycles. The minimum atomic E-state index is -0.0216. The Hall–Kier alpha value is -2.95. The Morgan fingerprint density at radius 1 is 1.18 bits per heavy atom. The topological polar surface area (TPSA) is 55.2 Å². The lowest BCUT2D eigenvalue weighted by Gasteiger charge is -2.22. The third-order valence-corrected chi connectivity index (χ3v) is 5.34. The number of nitrogens with zero attached hydrogens (tertiary/aromatic N) is 3. The molecule has 0 spiro atoms.